The highest BCUT2D eigenvalue weighted by atomic mass is 16.5. The number of hydrogen-bond acceptors (Lipinski definition) is 2. The number of ether oxygens (including phenoxy) is 1. The van der Waals surface area contributed by atoms with E-state index < -0.39 is 11.7 Å². The van der Waals surface area contributed by atoms with Gasteiger partial charge < -0.3 is 9.84 Å². The average Bonchev–Trinajstić information content (AvgIpc) is 2.05. The van der Waals surface area contributed by atoms with Crippen LogP contribution < -0.4 is 4.74 Å². The second-order valence-electron chi connectivity index (χ2n) is 3.69. The van der Waals surface area contributed by atoms with Crippen LogP contribution >= 0.6 is 0 Å². The first-order valence-electron chi connectivity index (χ1n) is 4.44. The number of rotatable bonds is 3. The highest BCUT2D eigenvalue weighted by Gasteiger charge is 2.25. The summed E-state index contributed by atoms with van der Waals surface area (Å²) in [6, 6.07) is 9.51. The average molecular weight is 180 g/mol. The van der Waals surface area contributed by atoms with Crippen molar-refractivity contribution in [3.63, 3.8) is 0 Å². The molecule has 0 saturated carbocycles. The molecule has 0 bridgehead atoms. The summed E-state index contributed by atoms with van der Waals surface area (Å²) in [6.45, 7) is 5.46. The van der Waals surface area contributed by atoms with Crippen molar-refractivity contribution in [1.29, 1.82) is 0 Å². The van der Waals surface area contributed by atoms with Gasteiger partial charge >= 0.3 is 0 Å². The van der Waals surface area contributed by atoms with Crippen molar-refractivity contribution in [3.8, 4) is 5.75 Å². The van der Waals surface area contributed by atoms with Crippen molar-refractivity contribution in [2.75, 3.05) is 0 Å². The summed E-state index contributed by atoms with van der Waals surface area (Å²) < 4.78 is 5.61. The number of aliphatic hydroxyl groups is 1. The number of aliphatic hydroxyl groups excluding tert-OH is 1. The Morgan fingerprint density at radius 2 is 1.77 bits per heavy atom. The molecule has 0 saturated heterocycles. The monoisotopic (exact) mass is 180 g/mol. The zero-order valence-corrected chi connectivity index (χ0v) is 8.32. The first-order chi connectivity index (χ1) is 6.02. The van der Waals surface area contributed by atoms with Gasteiger partial charge in [0, 0.05) is 0 Å². The van der Waals surface area contributed by atoms with Crippen LogP contribution in [0, 0.1) is 0 Å². The Balaban J connectivity index is 2.69. The van der Waals surface area contributed by atoms with E-state index in [0.717, 1.165) is 5.75 Å². The maximum absolute atomic E-state index is 9.42. The summed E-state index contributed by atoms with van der Waals surface area (Å²) >= 11 is 0. The van der Waals surface area contributed by atoms with E-state index >= 15 is 0 Å². The molecular formula is C11H16O2. The third kappa shape index (κ3) is 2.74. The van der Waals surface area contributed by atoms with E-state index in [2.05, 4.69) is 0 Å². The fourth-order valence-electron chi connectivity index (χ4n) is 0.878. The summed E-state index contributed by atoms with van der Waals surface area (Å²) in [7, 11) is 0. The van der Waals surface area contributed by atoms with E-state index in [1.54, 1.807) is 6.92 Å². The molecule has 0 aliphatic rings. The molecule has 0 spiro atoms. The second-order valence-corrected chi connectivity index (χ2v) is 3.69. The molecule has 13 heavy (non-hydrogen) atoms. The zero-order valence-electron chi connectivity index (χ0n) is 8.32. The molecule has 0 amide bonds. The van der Waals surface area contributed by atoms with Gasteiger partial charge in [-0.3, -0.25) is 0 Å². The highest BCUT2D eigenvalue weighted by Crippen LogP contribution is 2.20. The molecule has 0 aliphatic heterocycles. The van der Waals surface area contributed by atoms with Crippen LogP contribution in [-0.4, -0.2) is 16.8 Å². The van der Waals surface area contributed by atoms with Crippen molar-refractivity contribution in [3.05, 3.63) is 30.3 Å². The molecule has 0 aliphatic carbocycles. The van der Waals surface area contributed by atoms with Gasteiger partial charge in [0.15, 0.2) is 0 Å². The first kappa shape index (κ1) is 10.1. The van der Waals surface area contributed by atoms with Gasteiger partial charge in [-0.2, -0.15) is 0 Å². The molecule has 0 heterocycles. The van der Waals surface area contributed by atoms with Crippen LogP contribution in [0.1, 0.15) is 20.8 Å². The number of hydrogen-bond donors (Lipinski definition) is 1. The van der Waals surface area contributed by atoms with E-state index in [-0.39, 0.29) is 0 Å². The molecule has 1 aromatic rings. The van der Waals surface area contributed by atoms with Gasteiger partial charge in [-0.15, -0.1) is 0 Å². The predicted octanol–water partition coefficient (Wildman–Crippen LogP) is 2.22. The van der Waals surface area contributed by atoms with Crippen LogP contribution in [0.25, 0.3) is 0 Å². The van der Waals surface area contributed by atoms with Crippen molar-refractivity contribution in [1.82, 2.24) is 0 Å². The Labute approximate surface area is 79.2 Å². The van der Waals surface area contributed by atoms with Crippen LogP contribution in [0.15, 0.2) is 30.3 Å². The van der Waals surface area contributed by atoms with E-state index in [1.165, 1.54) is 0 Å². The quantitative estimate of drug-likeness (QED) is 0.772. The normalized spacial score (nSPS) is 13.8. The topological polar surface area (TPSA) is 29.5 Å². The summed E-state index contributed by atoms with van der Waals surface area (Å²) in [4.78, 5) is 0. The molecule has 1 aromatic carbocycles. The molecule has 2 heteroatoms. The molecule has 0 aromatic heterocycles. The standard InChI is InChI=1S/C11H16O2/c1-9(12)11(2,3)13-10-7-5-4-6-8-10/h4-9,12H,1-3H3. The lowest BCUT2D eigenvalue weighted by molar-refractivity contribution is -0.0176. The van der Waals surface area contributed by atoms with Gasteiger partial charge in [-0.1, -0.05) is 18.2 Å². The van der Waals surface area contributed by atoms with Gasteiger partial charge in [0.25, 0.3) is 0 Å². The van der Waals surface area contributed by atoms with Crippen molar-refractivity contribution < 1.29 is 9.84 Å². The van der Waals surface area contributed by atoms with Crippen LogP contribution in [0.3, 0.4) is 0 Å². The van der Waals surface area contributed by atoms with E-state index in [1.807, 2.05) is 44.2 Å². The van der Waals surface area contributed by atoms with Crippen LogP contribution in [-0.2, 0) is 0 Å². The third-order valence-corrected chi connectivity index (χ3v) is 2.13. The smallest absolute Gasteiger partial charge is 0.129 e. The molecule has 0 radical (unpaired) electrons. The Kier molecular flexibility index (Phi) is 2.94. The zero-order chi connectivity index (χ0) is 9.90. The molecule has 1 N–H and O–H groups in total. The highest BCUT2D eigenvalue weighted by molar-refractivity contribution is 5.21. The van der Waals surface area contributed by atoms with Gasteiger partial charge in [0.1, 0.15) is 11.4 Å². The number of para-hydroxylation sites is 1. The lowest BCUT2D eigenvalue weighted by Crippen LogP contribution is -2.39. The Morgan fingerprint density at radius 3 is 2.23 bits per heavy atom. The summed E-state index contributed by atoms with van der Waals surface area (Å²) in [5, 5.41) is 9.42. The lowest BCUT2D eigenvalue weighted by atomic mass is 10.0. The van der Waals surface area contributed by atoms with E-state index in [9.17, 15) is 5.11 Å². The van der Waals surface area contributed by atoms with E-state index in [4.69, 9.17) is 4.74 Å². The van der Waals surface area contributed by atoms with Crippen LogP contribution in [0.4, 0.5) is 0 Å². The van der Waals surface area contributed by atoms with Gasteiger partial charge in [-0.05, 0) is 32.9 Å². The van der Waals surface area contributed by atoms with E-state index in [0.29, 0.717) is 0 Å². The molecule has 1 rings (SSSR count). The maximum atomic E-state index is 9.42. The minimum Gasteiger partial charge on any atom is -0.485 e. The van der Waals surface area contributed by atoms with Crippen LogP contribution in [0.5, 0.6) is 5.75 Å². The maximum Gasteiger partial charge on any atom is 0.129 e. The molecule has 72 valence electrons. The molecule has 1 atom stereocenters. The summed E-state index contributed by atoms with van der Waals surface area (Å²) in [5.74, 6) is 0.786. The minimum absolute atomic E-state index is 0.493. The summed E-state index contributed by atoms with van der Waals surface area (Å²) in [5.41, 5.74) is -0.540. The Hall–Kier alpha value is -1.02. The number of benzene rings is 1. The predicted molar refractivity (Wildman–Crippen MR) is 52.8 cm³/mol. The first-order valence-corrected chi connectivity index (χ1v) is 4.44. The van der Waals surface area contributed by atoms with Crippen LogP contribution in [0.2, 0.25) is 0 Å². The third-order valence-electron chi connectivity index (χ3n) is 2.13. The van der Waals surface area contributed by atoms with Gasteiger partial charge in [0.2, 0.25) is 0 Å². The molecule has 0 fully saturated rings. The van der Waals surface area contributed by atoms with Gasteiger partial charge in [0.05, 0.1) is 6.10 Å². The molecule has 1 unspecified atom stereocenters. The largest absolute Gasteiger partial charge is 0.485 e. The minimum atomic E-state index is -0.540. The molecular weight excluding hydrogens is 164 g/mol. The Bertz CT molecular complexity index is 252. The molecule has 2 nitrogen and oxygen atoms in total. The lowest BCUT2D eigenvalue weighted by Gasteiger charge is -2.29. The van der Waals surface area contributed by atoms with Gasteiger partial charge in [-0.25, -0.2) is 0 Å². The van der Waals surface area contributed by atoms with Crippen molar-refractivity contribution in [2.45, 2.75) is 32.5 Å². The fraction of sp³-hybridized carbons (Fsp3) is 0.455. The SMILES string of the molecule is CC(O)C(C)(C)Oc1ccccc1. The van der Waals surface area contributed by atoms with Crippen molar-refractivity contribution >= 4 is 0 Å². The fourth-order valence-corrected chi connectivity index (χ4v) is 0.878. The Morgan fingerprint density at radius 1 is 1.23 bits per heavy atom. The van der Waals surface area contributed by atoms with Crippen molar-refractivity contribution in [2.24, 2.45) is 0 Å². The second kappa shape index (κ2) is 3.79. The summed E-state index contributed by atoms with van der Waals surface area (Å²) in [6.07, 6.45) is -0.493.